The standard InChI is InChI=1S/C16H19N3O4/c1-23-16(22)12-8-6-11(7-9-12)10-17-19-15(21)14(20)18-13-4-2-3-5-13/h6-10,13H,2-5H2,1H3,(H,18,20)(H,19,21). The molecule has 0 aromatic heterocycles. The third-order valence-electron chi connectivity index (χ3n) is 3.61. The molecule has 7 nitrogen and oxygen atoms in total. The number of benzene rings is 1. The van der Waals surface area contributed by atoms with E-state index in [2.05, 4.69) is 20.6 Å². The number of amides is 2. The van der Waals surface area contributed by atoms with Gasteiger partial charge in [-0.1, -0.05) is 25.0 Å². The smallest absolute Gasteiger partial charge is 0.337 e. The van der Waals surface area contributed by atoms with Crippen LogP contribution in [0.1, 0.15) is 41.6 Å². The van der Waals surface area contributed by atoms with Gasteiger partial charge in [-0.15, -0.1) is 0 Å². The Morgan fingerprint density at radius 3 is 2.39 bits per heavy atom. The van der Waals surface area contributed by atoms with Crippen molar-refractivity contribution in [2.45, 2.75) is 31.7 Å². The zero-order chi connectivity index (χ0) is 16.7. The second-order valence-electron chi connectivity index (χ2n) is 5.27. The molecule has 0 heterocycles. The maximum Gasteiger partial charge on any atom is 0.337 e. The van der Waals surface area contributed by atoms with Crippen molar-refractivity contribution in [2.24, 2.45) is 5.10 Å². The zero-order valence-corrected chi connectivity index (χ0v) is 12.9. The van der Waals surface area contributed by atoms with E-state index >= 15 is 0 Å². The van der Waals surface area contributed by atoms with Crippen LogP contribution in [0.4, 0.5) is 0 Å². The van der Waals surface area contributed by atoms with Gasteiger partial charge >= 0.3 is 17.8 Å². The molecule has 1 aromatic rings. The van der Waals surface area contributed by atoms with Crippen LogP contribution in [0.15, 0.2) is 29.4 Å². The van der Waals surface area contributed by atoms with E-state index in [1.807, 2.05) is 0 Å². The van der Waals surface area contributed by atoms with Crippen molar-refractivity contribution in [3.63, 3.8) is 0 Å². The fourth-order valence-corrected chi connectivity index (χ4v) is 2.36. The van der Waals surface area contributed by atoms with E-state index in [1.54, 1.807) is 24.3 Å². The minimum Gasteiger partial charge on any atom is -0.465 e. The molecule has 0 bridgehead atoms. The van der Waals surface area contributed by atoms with Crippen LogP contribution in [0.5, 0.6) is 0 Å². The largest absolute Gasteiger partial charge is 0.465 e. The lowest BCUT2D eigenvalue weighted by Gasteiger charge is -2.10. The molecule has 1 aliphatic carbocycles. The SMILES string of the molecule is COC(=O)c1ccc(C=NNC(=O)C(=O)NC2CCCC2)cc1. The predicted octanol–water partition coefficient (Wildman–Crippen LogP) is 0.982. The third-order valence-corrected chi connectivity index (χ3v) is 3.61. The molecule has 0 radical (unpaired) electrons. The lowest BCUT2D eigenvalue weighted by molar-refractivity contribution is -0.139. The fourth-order valence-electron chi connectivity index (χ4n) is 2.36. The molecule has 2 N–H and O–H groups in total. The highest BCUT2D eigenvalue weighted by molar-refractivity contribution is 6.35. The summed E-state index contributed by atoms with van der Waals surface area (Å²) in [5, 5.41) is 6.41. The molecular formula is C16H19N3O4. The van der Waals surface area contributed by atoms with E-state index in [9.17, 15) is 14.4 Å². The first kappa shape index (κ1) is 16.7. The van der Waals surface area contributed by atoms with Crippen LogP contribution in [-0.2, 0) is 14.3 Å². The molecule has 0 aliphatic heterocycles. The number of hydrogen-bond acceptors (Lipinski definition) is 5. The summed E-state index contributed by atoms with van der Waals surface area (Å²) in [6, 6.07) is 6.56. The van der Waals surface area contributed by atoms with Gasteiger partial charge in [0.2, 0.25) is 0 Å². The number of esters is 1. The zero-order valence-electron chi connectivity index (χ0n) is 12.9. The van der Waals surface area contributed by atoms with Gasteiger partial charge in [-0.25, -0.2) is 10.2 Å². The molecular weight excluding hydrogens is 298 g/mol. The van der Waals surface area contributed by atoms with Crippen molar-refractivity contribution in [3.05, 3.63) is 35.4 Å². The first-order chi connectivity index (χ1) is 11.1. The van der Waals surface area contributed by atoms with E-state index in [1.165, 1.54) is 13.3 Å². The van der Waals surface area contributed by atoms with Gasteiger partial charge in [0, 0.05) is 6.04 Å². The number of hydrogen-bond donors (Lipinski definition) is 2. The van der Waals surface area contributed by atoms with Crippen LogP contribution in [0.2, 0.25) is 0 Å². The Morgan fingerprint density at radius 1 is 1.13 bits per heavy atom. The molecule has 1 aromatic carbocycles. The highest BCUT2D eigenvalue weighted by atomic mass is 16.5. The average Bonchev–Trinajstić information content (AvgIpc) is 3.07. The minimum absolute atomic E-state index is 0.0862. The molecule has 7 heteroatoms. The van der Waals surface area contributed by atoms with Crippen molar-refractivity contribution >= 4 is 24.0 Å². The van der Waals surface area contributed by atoms with E-state index in [0.717, 1.165) is 25.7 Å². The van der Waals surface area contributed by atoms with Crippen LogP contribution in [0, 0.1) is 0 Å². The van der Waals surface area contributed by atoms with Gasteiger partial charge in [0.05, 0.1) is 18.9 Å². The summed E-state index contributed by atoms with van der Waals surface area (Å²) in [4.78, 5) is 34.5. The molecule has 122 valence electrons. The minimum atomic E-state index is -0.792. The first-order valence-electron chi connectivity index (χ1n) is 7.42. The molecule has 1 aliphatic rings. The van der Waals surface area contributed by atoms with Crippen LogP contribution in [0.25, 0.3) is 0 Å². The van der Waals surface area contributed by atoms with Crippen molar-refractivity contribution in [3.8, 4) is 0 Å². The van der Waals surface area contributed by atoms with Gasteiger partial charge in [-0.3, -0.25) is 9.59 Å². The number of carbonyl (C=O) groups is 3. The van der Waals surface area contributed by atoms with Crippen molar-refractivity contribution < 1.29 is 19.1 Å². The van der Waals surface area contributed by atoms with Gasteiger partial charge in [-0.2, -0.15) is 5.10 Å². The van der Waals surface area contributed by atoms with Crippen molar-refractivity contribution in [1.29, 1.82) is 0 Å². The summed E-state index contributed by atoms with van der Waals surface area (Å²) >= 11 is 0. The lowest BCUT2D eigenvalue weighted by atomic mass is 10.1. The monoisotopic (exact) mass is 317 g/mol. The summed E-state index contributed by atoms with van der Waals surface area (Å²) in [6.07, 6.45) is 5.37. The number of hydrazone groups is 1. The van der Waals surface area contributed by atoms with Crippen molar-refractivity contribution in [1.82, 2.24) is 10.7 Å². The van der Waals surface area contributed by atoms with Gasteiger partial charge in [0.15, 0.2) is 0 Å². The summed E-state index contributed by atoms with van der Waals surface area (Å²) in [5.41, 5.74) is 3.28. The number of rotatable bonds is 4. The van der Waals surface area contributed by atoms with Gasteiger partial charge in [0.25, 0.3) is 0 Å². The lowest BCUT2D eigenvalue weighted by Crippen LogP contribution is -2.42. The molecule has 0 atom stereocenters. The quantitative estimate of drug-likeness (QED) is 0.374. The Morgan fingerprint density at radius 2 is 1.78 bits per heavy atom. The van der Waals surface area contributed by atoms with E-state index in [0.29, 0.717) is 11.1 Å². The van der Waals surface area contributed by atoms with Gasteiger partial charge in [-0.05, 0) is 30.5 Å². The van der Waals surface area contributed by atoms with Gasteiger partial charge < -0.3 is 10.1 Å². The third kappa shape index (κ3) is 4.91. The molecule has 2 rings (SSSR count). The number of nitrogens with one attached hydrogen (secondary N) is 2. The highest BCUT2D eigenvalue weighted by Gasteiger charge is 2.20. The number of carbonyl (C=O) groups excluding carboxylic acids is 3. The average molecular weight is 317 g/mol. The molecule has 23 heavy (non-hydrogen) atoms. The molecule has 1 fully saturated rings. The topological polar surface area (TPSA) is 96.9 Å². The molecule has 0 saturated heterocycles. The van der Waals surface area contributed by atoms with Crippen LogP contribution in [-0.4, -0.2) is 37.1 Å². The van der Waals surface area contributed by atoms with Crippen LogP contribution in [0.3, 0.4) is 0 Å². The normalized spacial score (nSPS) is 14.7. The number of nitrogens with zero attached hydrogens (tertiary/aromatic N) is 1. The highest BCUT2D eigenvalue weighted by Crippen LogP contribution is 2.17. The first-order valence-corrected chi connectivity index (χ1v) is 7.42. The van der Waals surface area contributed by atoms with Crippen molar-refractivity contribution in [2.75, 3.05) is 7.11 Å². The van der Waals surface area contributed by atoms with E-state index in [-0.39, 0.29) is 6.04 Å². The Hall–Kier alpha value is -2.70. The number of ether oxygens (including phenoxy) is 1. The Kier molecular flexibility index (Phi) is 5.85. The Balaban J connectivity index is 1.81. The maximum absolute atomic E-state index is 11.6. The van der Waals surface area contributed by atoms with E-state index in [4.69, 9.17) is 0 Å². The predicted molar refractivity (Wildman–Crippen MR) is 83.9 cm³/mol. The molecule has 0 spiro atoms. The number of methoxy groups -OCH3 is 1. The molecule has 2 amide bonds. The second-order valence-corrected chi connectivity index (χ2v) is 5.27. The van der Waals surface area contributed by atoms with Gasteiger partial charge in [0.1, 0.15) is 0 Å². The summed E-state index contributed by atoms with van der Waals surface area (Å²) in [7, 11) is 1.31. The second kappa shape index (κ2) is 8.07. The Labute approximate surface area is 134 Å². The molecule has 1 saturated carbocycles. The van der Waals surface area contributed by atoms with E-state index < -0.39 is 17.8 Å². The Bertz CT molecular complexity index is 604. The fraction of sp³-hybridized carbons (Fsp3) is 0.375. The van der Waals surface area contributed by atoms with Crippen LogP contribution >= 0.6 is 0 Å². The summed E-state index contributed by atoms with van der Waals surface area (Å²) < 4.78 is 4.60. The summed E-state index contributed by atoms with van der Waals surface area (Å²) in [6.45, 7) is 0. The summed E-state index contributed by atoms with van der Waals surface area (Å²) in [5.74, 6) is -1.89. The molecule has 0 unspecified atom stereocenters. The maximum atomic E-state index is 11.6. The van der Waals surface area contributed by atoms with Crippen LogP contribution < -0.4 is 10.7 Å².